The number of hydrogen-bond donors (Lipinski definition) is 3. The van der Waals surface area contributed by atoms with E-state index in [9.17, 15) is 4.79 Å². The molecular weight excluding hydrogens is 168 g/mol. The lowest BCUT2D eigenvalue weighted by Gasteiger charge is -2.03. The van der Waals surface area contributed by atoms with Crippen LogP contribution in [0.25, 0.3) is 0 Å². The summed E-state index contributed by atoms with van der Waals surface area (Å²) in [5.41, 5.74) is 11.3. The molecule has 0 spiro atoms. The van der Waals surface area contributed by atoms with E-state index in [-0.39, 0.29) is 12.1 Å². The van der Waals surface area contributed by atoms with Gasteiger partial charge in [-0.1, -0.05) is 13.3 Å². The van der Waals surface area contributed by atoms with Crippen molar-refractivity contribution in [3.8, 4) is 0 Å². The Balaban J connectivity index is 3.15. The van der Waals surface area contributed by atoms with E-state index >= 15 is 0 Å². The summed E-state index contributed by atoms with van der Waals surface area (Å²) in [4.78, 5) is 17.9. The zero-order valence-corrected chi connectivity index (χ0v) is 7.63. The van der Waals surface area contributed by atoms with E-state index in [0.717, 1.165) is 6.42 Å². The smallest absolute Gasteiger partial charge is 0.256 e. The Kier molecular flexibility index (Phi) is 3.02. The summed E-state index contributed by atoms with van der Waals surface area (Å²) in [6, 6.07) is 0. The molecule has 13 heavy (non-hydrogen) atoms. The summed E-state index contributed by atoms with van der Waals surface area (Å²) in [5, 5.41) is 0. The van der Waals surface area contributed by atoms with Crippen LogP contribution in [-0.4, -0.2) is 9.97 Å². The summed E-state index contributed by atoms with van der Waals surface area (Å²) in [5.74, 6) is 0.730. The third kappa shape index (κ3) is 2.06. The van der Waals surface area contributed by atoms with Gasteiger partial charge in [0.15, 0.2) is 0 Å². The molecule has 0 aromatic carbocycles. The SMILES string of the molecule is CCCc1c(N)nc(CN)[nH]c1=O. The van der Waals surface area contributed by atoms with Gasteiger partial charge in [-0.25, -0.2) is 4.98 Å². The Morgan fingerprint density at radius 1 is 1.54 bits per heavy atom. The molecule has 5 heteroatoms. The standard InChI is InChI=1S/C8H14N4O/c1-2-3-5-7(10)11-6(4-9)12-8(5)13/h2-4,9H2,1H3,(H3,10,11,12,13). The highest BCUT2D eigenvalue weighted by atomic mass is 16.1. The van der Waals surface area contributed by atoms with Crippen LogP contribution in [0.1, 0.15) is 24.7 Å². The van der Waals surface area contributed by atoms with Crippen LogP contribution in [0.5, 0.6) is 0 Å². The van der Waals surface area contributed by atoms with Gasteiger partial charge >= 0.3 is 0 Å². The van der Waals surface area contributed by atoms with E-state index in [1.807, 2.05) is 6.92 Å². The molecule has 0 saturated heterocycles. The van der Waals surface area contributed by atoms with Gasteiger partial charge in [-0.05, 0) is 6.42 Å². The van der Waals surface area contributed by atoms with Crippen LogP contribution in [0.2, 0.25) is 0 Å². The van der Waals surface area contributed by atoms with Gasteiger partial charge in [0.2, 0.25) is 0 Å². The van der Waals surface area contributed by atoms with E-state index < -0.39 is 0 Å². The topological polar surface area (TPSA) is 97.8 Å². The number of hydrogen-bond acceptors (Lipinski definition) is 4. The fourth-order valence-corrected chi connectivity index (χ4v) is 1.15. The molecule has 1 heterocycles. The van der Waals surface area contributed by atoms with Gasteiger partial charge in [0.05, 0.1) is 12.1 Å². The molecule has 72 valence electrons. The molecule has 0 bridgehead atoms. The summed E-state index contributed by atoms with van der Waals surface area (Å²) < 4.78 is 0. The second kappa shape index (κ2) is 4.04. The highest BCUT2D eigenvalue weighted by Gasteiger charge is 2.06. The second-order valence-electron chi connectivity index (χ2n) is 2.83. The predicted molar refractivity (Wildman–Crippen MR) is 51.2 cm³/mol. The maximum Gasteiger partial charge on any atom is 0.256 e. The molecular formula is C8H14N4O. The fourth-order valence-electron chi connectivity index (χ4n) is 1.15. The first-order chi connectivity index (χ1) is 6.19. The Morgan fingerprint density at radius 2 is 2.23 bits per heavy atom. The van der Waals surface area contributed by atoms with Gasteiger partial charge in [0.1, 0.15) is 11.6 Å². The molecule has 1 aromatic rings. The van der Waals surface area contributed by atoms with Crippen molar-refractivity contribution in [3.05, 3.63) is 21.7 Å². The van der Waals surface area contributed by atoms with Crippen molar-refractivity contribution in [3.63, 3.8) is 0 Å². The average molecular weight is 182 g/mol. The minimum atomic E-state index is -0.171. The lowest BCUT2D eigenvalue weighted by Crippen LogP contribution is -2.21. The van der Waals surface area contributed by atoms with Crippen molar-refractivity contribution >= 4 is 5.82 Å². The first kappa shape index (κ1) is 9.73. The zero-order valence-electron chi connectivity index (χ0n) is 7.63. The lowest BCUT2D eigenvalue weighted by atomic mass is 10.2. The van der Waals surface area contributed by atoms with Crippen molar-refractivity contribution in [2.75, 3.05) is 5.73 Å². The summed E-state index contributed by atoms with van der Waals surface area (Å²) in [7, 11) is 0. The molecule has 0 aliphatic rings. The van der Waals surface area contributed by atoms with E-state index in [1.54, 1.807) is 0 Å². The molecule has 0 atom stereocenters. The van der Waals surface area contributed by atoms with Gasteiger partial charge in [-0.2, -0.15) is 0 Å². The van der Waals surface area contributed by atoms with Gasteiger partial charge in [-0.15, -0.1) is 0 Å². The maximum atomic E-state index is 11.4. The summed E-state index contributed by atoms with van der Waals surface area (Å²) in [6.45, 7) is 2.18. The quantitative estimate of drug-likeness (QED) is 0.601. The van der Waals surface area contributed by atoms with Gasteiger partial charge < -0.3 is 16.5 Å². The van der Waals surface area contributed by atoms with Crippen LogP contribution in [0, 0.1) is 0 Å². The van der Waals surface area contributed by atoms with E-state index in [0.29, 0.717) is 23.6 Å². The lowest BCUT2D eigenvalue weighted by molar-refractivity contribution is 0.844. The van der Waals surface area contributed by atoms with Gasteiger partial charge in [-0.3, -0.25) is 4.79 Å². The molecule has 1 aromatic heterocycles. The van der Waals surface area contributed by atoms with Crippen LogP contribution in [0.15, 0.2) is 4.79 Å². The minimum absolute atomic E-state index is 0.171. The number of nitrogen functional groups attached to an aromatic ring is 1. The van der Waals surface area contributed by atoms with Crippen LogP contribution in [0.4, 0.5) is 5.82 Å². The molecule has 0 unspecified atom stereocenters. The number of H-pyrrole nitrogens is 1. The predicted octanol–water partition coefficient (Wildman–Crippen LogP) is -0.237. The highest BCUT2D eigenvalue weighted by molar-refractivity contribution is 5.37. The number of aromatic amines is 1. The number of nitrogens with one attached hydrogen (secondary N) is 1. The second-order valence-corrected chi connectivity index (χ2v) is 2.83. The van der Waals surface area contributed by atoms with Crippen LogP contribution < -0.4 is 17.0 Å². The van der Waals surface area contributed by atoms with Gasteiger partial charge in [0, 0.05) is 0 Å². The van der Waals surface area contributed by atoms with Gasteiger partial charge in [0.25, 0.3) is 5.56 Å². The maximum absolute atomic E-state index is 11.4. The van der Waals surface area contributed by atoms with Crippen LogP contribution in [0.3, 0.4) is 0 Å². The number of nitrogens with two attached hydrogens (primary N) is 2. The molecule has 0 amide bonds. The first-order valence-corrected chi connectivity index (χ1v) is 4.26. The highest BCUT2D eigenvalue weighted by Crippen LogP contribution is 2.04. The third-order valence-electron chi connectivity index (χ3n) is 1.79. The first-order valence-electron chi connectivity index (χ1n) is 4.26. The van der Waals surface area contributed by atoms with Crippen LogP contribution >= 0.6 is 0 Å². The molecule has 0 fully saturated rings. The monoisotopic (exact) mass is 182 g/mol. The molecule has 0 aliphatic heterocycles. The largest absolute Gasteiger partial charge is 0.383 e. The van der Waals surface area contributed by atoms with Crippen molar-refractivity contribution in [2.24, 2.45) is 5.73 Å². The average Bonchev–Trinajstić information content (AvgIpc) is 2.11. The summed E-state index contributed by atoms with van der Waals surface area (Å²) >= 11 is 0. The molecule has 0 aliphatic carbocycles. The van der Waals surface area contributed by atoms with E-state index in [4.69, 9.17) is 11.5 Å². The Bertz CT molecular complexity index is 344. The van der Waals surface area contributed by atoms with E-state index in [2.05, 4.69) is 9.97 Å². The number of anilines is 1. The number of nitrogens with zero attached hydrogens (tertiary/aromatic N) is 1. The molecule has 1 rings (SSSR count). The number of aromatic nitrogens is 2. The minimum Gasteiger partial charge on any atom is -0.383 e. The summed E-state index contributed by atoms with van der Waals surface area (Å²) in [6.07, 6.45) is 1.52. The van der Waals surface area contributed by atoms with Crippen molar-refractivity contribution < 1.29 is 0 Å². The Hall–Kier alpha value is -1.36. The number of rotatable bonds is 3. The Morgan fingerprint density at radius 3 is 2.69 bits per heavy atom. The normalized spacial score (nSPS) is 10.3. The van der Waals surface area contributed by atoms with Crippen molar-refractivity contribution in [1.29, 1.82) is 0 Å². The Labute approximate surface area is 76.2 Å². The fraction of sp³-hybridized carbons (Fsp3) is 0.500. The van der Waals surface area contributed by atoms with Crippen molar-refractivity contribution in [2.45, 2.75) is 26.3 Å². The zero-order chi connectivity index (χ0) is 9.84. The molecule has 0 radical (unpaired) electrons. The molecule has 0 saturated carbocycles. The molecule has 5 nitrogen and oxygen atoms in total. The molecule has 5 N–H and O–H groups in total. The van der Waals surface area contributed by atoms with E-state index in [1.165, 1.54) is 0 Å². The van der Waals surface area contributed by atoms with Crippen molar-refractivity contribution in [1.82, 2.24) is 9.97 Å². The third-order valence-corrected chi connectivity index (χ3v) is 1.79. The van der Waals surface area contributed by atoms with Crippen LogP contribution in [-0.2, 0) is 13.0 Å².